The van der Waals surface area contributed by atoms with Gasteiger partial charge in [-0.15, -0.1) is 0 Å². The highest BCUT2D eigenvalue weighted by Gasteiger charge is 2.44. The van der Waals surface area contributed by atoms with Crippen LogP contribution in [0.15, 0.2) is 29.0 Å². The third-order valence-electron chi connectivity index (χ3n) is 4.16. The standard InChI is InChI=1S/C17H17NO3S/c1-9-5-10(2)15(7-12(9)17(20)21)18-16(19)14-6-13(14)11-3-4-22-8-11/h3-5,7-8,13-14H,6H2,1-2H3,(H,18,19)(H,20,21)/t13-,14+/m0/s1. The van der Waals surface area contributed by atoms with Crippen LogP contribution < -0.4 is 5.32 Å². The normalized spacial score (nSPS) is 19.7. The molecule has 0 spiro atoms. The monoisotopic (exact) mass is 315 g/mol. The molecule has 1 amide bonds. The molecule has 5 heteroatoms. The number of carboxylic acid groups (broad SMARTS) is 1. The maximum Gasteiger partial charge on any atom is 0.336 e. The molecule has 0 aliphatic heterocycles. The SMILES string of the molecule is Cc1cc(C)c(C(=O)O)cc1NC(=O)[C@@H]1C[C@H]1c1ccsc1. The molecule has 1 aliphatic rings. The zero-order valence-electron chi connectivity index (χ0n) is 12.4. The fraction of sp³-hybridized carbons (Fsp3) is 0.294. The van der Waals surface area contributed by atoms with Gasteiger partial charge < -0.3 is 10.4 Å². The molecule has 2 aromatic rings. The summed E-state index contributed by atoms with van der Waals surface area (Å²) in [6.07, 6.45) is 0.860. The van der Waals surface area contributed by atoms with Gasteiger partial charge in [0, 0.05) is 11.6 Å². The minimum Gasteiger partial charge on any atom is -0.478 e. The number of nitrogens with one attached hydrogen (secondary N) is 1. The van der Waals surface area contributed by atoms with E-state index >= 15 is 0 Å². The number of aromatic carboxylic acids is 1. The molecule has 1 fully saturated rings. The zero-order chi connectivity index (χ0) is 15.9. The van der Waals surface area contributed by atoms with Gasteiger partial charge in [0.15, 0.2) is 0 Å². The van der Waals surface area contributed by atoms with Crippen molar-refractivity contribution in [3.8, 4) is 0 Å². The predicted molar refractivity (Wildman–Crippen MR) is 86.7 cm³/mol. The number of anilines is 1. The summed E-state index contributed by atoms with van der Waals surface area (Å²) in [6.45, 7) is 3.63. The third kappa shape index (κ3) is 2.76. The van der Waals surface area contributed by atoms with Gasteiger partial charge in [0.1, 0.15) is 0 Å². The molecule has 0 radical (unpaired) electrons. The Balaban J connectivity index is 1.75. The highest BCUT2D eigenvalue weighted by atomic mass is 32.1. The summed E-state index contributed by atoms with van der Waals surface area (Å²) in [4.78, 5) is 23.6. The summed E-state index contributed by atoms with van der Waals surface area (Å²) in [5, 5.41) is 16.2. The van der Waals surface area contributed by atoms with Crippen molar-refractivity contribution in [2.45, 2.75) is 26.2 Å². The molecule has 1 aromatic carbocycles. The van der Waals surface area contributed by atoms with Crippen LogP contribution in [0.3, 0.4) is 0 Å². The van der Waals surface area contributed by atoms with E-state index in [1.54, 1.807) is 30.4 Å². The molecule has 0 bridgehead atoms. The van der Waals surface area contributed by atoms with Gasteiger partial charge in [0.2, 0.25) is 5.91 Å². The molecule has 2 N–H and O–H groups in total. The number of amides is 1. The Morgan fingerprint density at radius 3 is 2.68 bits per heavy atom. The van der Waals surface area contributed by atoms with Crippen molar-refractivity contribution in [2.24, 2.45) is 5.92 Å². The molecule has 4 nitrogen and oxygen atoms in total. The third-order valence-corrected chi connectivity index (χ3v) is 4.86. The molecule has 2 atom stereocenters. The lowest BCUT2D eigenvalue weighted by atomic mass is 10.0. The molecule has 0 saturated heterocycles. The van der Waals surface area contributed by atoms with E-state index in [1.165, 1.54) is 5.56 Å². The fourth-order valence-corrected chi connectivity index (χ4v) is 3.51. The van der Waals surface area contributed by atoms with E-state index in [0.717, 1.165) is 12.0 Å². The van der Waals surface area contributed by atoms with Gasteiger partial charge in [-0.05, 0) is 65.8 Å². The number of hydrogen-bond acceptors (Lipinski definition) is 3. The van der Waals surface area contributed by atoms with E-state index in [4.69, 9.17) is 0 Å². The second kappa shape index (κ2) is 5.57. The molecule has 0 unspecified atom stereocenters. The first-order valence-corrected chi connectivity index (χ1v) is 8.09. The van der Waals surface area contributed by atoms with Crippen LogP contribution in [0, 0.1) is 19.8 Å². The quantitative estimate of drug-likeness (QED) is 0.901. The second-order valence-corrected chi connectivity index (χ2v) is 6.56. The second-order valence-electron chi connectivity index (χ2n) is 5.78. The Morgan fingerprint density at radius 1 is 1.27 bits per heavy atom. The summed E-state index contributed by atoms with van der Waals surface area (Å²) in [6, 6.07) is 5.40. The Hall–Kier alpha value is -2.14. The first-order chi connectivity index (χ1) is 10.5. The summed E-state index contributed by atoms with van der Waals surface area (Å²) >= 11 is 1.64. The van der Waals surface area contributed by atoms with E-state index in [2.05, 4.69) is 16.8 Å². The van der Waals surface area contributed by atoms with Crippen LogP contribution in [0.5, 0.6) is 0 Å². The van der Waals surface area contributed by atoms with Gasteiger partial charge in [-0.1, -0.05) is 6.07 Å². The fourth-order valence-electron chi connectivity index (χ4n) is 2.78. The molecule has 3 rings (SSSR count). The van der Waals surface area contributed by atoms with Gasteiger partial charge >= 0.3 is 5.97 Å². The highest BCUT2D eigenvalue weighted by molar-refractivity contribution is 7.08. The number of carboxylic acids is 1. The van der Waals surface area contributed by atoms with E-state index in [0.29, 0.717) is 17.2 Å². The summed E-state index contributed by atoms with van der Waals surface area (Å²) < 4.78 is 0. The van der Waals surface area contributed by atoms with Crippen molar-refractivity contribution in [3.05, 3.63) is 51.2 Å². The number of hydrogen-bond donors (Lipinski definition) is 2. The number of carbonyl (C=O) groups excluding carboxylic acids is 1. The van der Waals surface area contributed by atoms with Crippen molar-refractivity contribution >= 4 is 28.9 Å². The zero-order valence-corrected chi connectivity index (χ0v) is 13.2. The van der Waals surface area contributed by atoms with Gasteiger partial charge in [-0.2, -0.15) is 11.3 Å². The molecule has 1 saturated carbocycles. The smallest absolute Gasteiger partial charge is 0.336 e. The van der Waals surface area contributed by atoms with Gasteiger partial charge in [-0.25, -0.2) is 4.79 Å². The lowest BCUT2D eigenvalue weighted by molar-refractivity contribution is -0.117. The summed E-state index contributed by atoms with van der Waals surface area (Å²) in [7, 11) is 0. The van der Waals surface area contributed by atoms with Crippen molar-refractivity contribution < 1.29 is 14.7 Å². The summed E-state index contributed by atoms with van der Waals surface area (Å²) in [5.74, 6) is -0.713. The van der Waals surface area contributed by atoms with Gasteiger partial charge in [-0.3, -0.25) is 4.79 Å². The number of aryl methyl sites for hydroxylation is 2. The van der Waals surface area contributed by atoms with Crippen molar-refractivity contribution in [2.75, 3.05) is 5.32 Å². The molecule has 22 heavy (non-hydrogen) atoms. The van der Waals surface area contributed by atoms with E-state index in [9.17, 15) is 14.7 Å². The number of rotatable bonds is 4. The van der Waals surface area contributed by atoms with Crippen LogP contribution in [0.1, 0.15) is 39.4 Å². The van der Waals surface area contributed by atoms with Gasteiger partial charge in [0.05, 0.1) is 5.56 Å². The number of benzene rings is 1. The maximum absolute atomic E-state index is 12.3. The van der Waals surface area contributed by atoms with Crippen LogP contribution in [-0.2, 0) is 4.79 Å². The lowest BCUT2D eigenvalue weighted by Crippen LogP contribution is -2.16. The van der Waals surface area contributed by atoms with Gasteiger partial charge in [0.25, 0.3) is 0 Å². The Labute approximate surface area is 132 Å². The largest absolute Gasteiger partial charge is 0.478 e. The van der Waals surface area contributed by atoms with Crippen LogP contribution >= 0.6 is 11.3 Å². The molecule has 1 heterocycles. The Kier molecular flexibility index (Phi) is 3.74. The first-order valence-electron chi connectivity index (χ1n) is 7.15. The molecule has 1 aliphatic carbocycles. The number of carbonyl (C=O) groups is 2. The van der Waals surface area contributed by atoms with E-state index < -0.39 is 5.97 Å². The van der Waals surface area contributed by atoms with Crippen LogP contribution in [0.2, 0.25) is 0 Å². The van der Waals surface area contributed by atoms with Crippen LogP contribution in [0.25, 0.3) is 0 Å². The molecule has 1 aromatic heterocycles. The predicted octanol–water partition coefficient (Wildman–Crippen LogP) is 3.81. The first kappa shape index (κ1) is 14.8. The highest BCUT2D eigenvalue weighted by Crippen LogP contribution is 2.48. The minimum absolute atomic E-state index is 0.0106. The summed E-state index contributed by atoms with van der Waals surface area (Å²) in [5.41, 5.74) is 3.61. The average molecular weight is 315 g/mol. The average Bonchev–Trinajstić information content (AvgIpc) is 3.07. The van der Waals surface area contributed by atoms with E-state index in [1.807, 2.05) is 12.3 Å². The minimum atomic E-state index is -0.976. The number of thiophene rings is 1. The lowest BCUT2D eigenvalue weighted by Gasteiger charge is -2.11. The van der Waals surface area contributed by atoms with Crippen molar-refractivity contribution in [1.82, 2.24) is 0 Å². The van der Waals surface area contributed by atoms with Crippen molar-refractivity contribution in [1.29, 1.82) is 0 Å². The topological polar surface area (TPSA) is 66.4 Å². The van der Waals surface area contributed by atoms with Crippen LogP contribution in [0.4, 0.5) is 5.69 Å². The van der Waals surface area contributed by atoms with Crippen molar-refractivity contribution in [3.63, 3.8) is 0 Å². The van der Waals surface area contributed by atoms with Crippen LogP contribution in [-0.4, -0.2) is 17.0 Å². The Morgan fingerprint density at radius 2 is 2.05 bits per heavy atom. The molecular formula is C17H17NO3S. The van der Waals surface area contributed by atoms with E-state index in [-0.39, 0.29) is 17.4 Å². The molecule has 114 valence electrons. The maximum atomic E-state index is 12.3. The Bertz CT molecular complexity index is 737. The molecular weight excluding hydrogens is 298 g/mol.